The summed E-state index contributed by atoms with van der Waals surface area (Å²) in [5, 5.41) is 8.46. The molecular formula is C31H31ClN4O2S. The number of amides is 2. The van der Waals surface area contributed by atoms with Gasteiger partial charge in [-0.25, -0.2) is 4.68 Å². The van der Waals surface area contributed by atoms with Gasteiger partial charge in [0.2, 0.25) is 11.8 Å². The average Bonchev–Trinajstić information content (AvgIpc) is 3.27. The summed E-state index contributed by atoms with van der Waals surface area (Å²) in [6, 6.07) is 23.8. The zero-order valence-electron chi connectivity index (χ0n) is 22.3. The summed E-state index contributed by atoms with van der Waals surface area (Å²) < 4.78 is 1.85. The Bertz CT molecular complexity index is 1520. The zero-order chi connectivity index (χ0) is 27.5. The van der Waals surface area contributed by atoms with Gasteiger partial charge in [-0.05, 0) is 49.1 Å². The Hall–Kier alpha value is -3.55. The number of anilines is 1. The number of halogens is 1. The molecule has 0 radical (unpaired) electrons. The molecule has 4 aromatic rings. The number of hydrogen-bond acceptors (Lipinski definition) is 4. The molecular weight excluding hydrogens is 528 g/mol. The minimum absolute atomic E-state index is 0.0909. The Balaban J connectivity index is 1.83. The molecule has 39 heavy (non-hydrogen) atoms. The van der Waals surface area contributed by atoms with Crippen LogP contribution >= 0.6 is 23.4 Å². The van der Waals surface area contributed by atoms with Crippen LogP contribution in [-0.4, -0.2) is 40.4 Å². The standard InChI is InChI=1S/C31H31ClN4O2S/c1-4-17-33-26(37)18-35-27(38)19-39-30(23-14-8-9-15-24(23)32)28-29(22-12-6-5-7-13-22)34-36(31(28)35)25-16-10-11-20(2)21(25)3/h5-16,30H,4,17-19H2,1-3H3,(H,33,37)/t30-/m1/s1. The fourth-order valence-corrected chi connectivity index (χ4v) is 6.40. The van der Waals surface area contributed by atoms with E-state index in [0.717, 1.165) is 45.6 Å². The monoisotopic (exact) mass is 558 g/mol. The van der Waals surface area contributed by atoms with Crippen LogP contribution in [0.4, 0.5) is 5.82 Å². The van der Waals surface area contributed by atoms with Crippen molar-refractivity contribution in [1.82, 2.24) is 15.1 Å². The third-order valence-corrected chi connectivity index (χ3v) is 8.58. The van der Waals surface area contributed by atoms with Gasteiger partial charge in [0, 0.05) is 22.7 Å². The Labute approximate surface area is 238 Å². The first kappa shape index (κ1) is 27.0. The lowest BCUT2D eigenvalue weighted by Crippen LogP contribution is -2.42. The lowest BCUT2D eigenvalue weighted by molar-refractivity contribution is -0.122. The van der Waals surface area contributed by atoms with Gasteiger partial charge in [0.1, 0.15) is 12.4 Å². The predicted molar refractivity (Wildman–Crippen MR) is 160 cm³/mol. The molecule has 6 nitrogen and oxygen atoms in total. The van der Waals surface area contributed by atoms with Crippen molar-refractivity contribution < 1.29 is 9.59 Å². The van der Waals surface area contributed by atoms with E-state index in [2.05, 4.69) is 25.2 Å². The number of thioether (sulfide) groups is 1. The van der Waals surface area contributed by atoms with Gasteiger partial charge in [0.15, 0.2) is 0 Å². The molecule has 1 atom stereocenters. The van der Waals surface area contributed by atoms with E-state index in [-0.39, 0.29) is 29.4 Å². The fourth-order valence-electron chi connectivity index (χ4n) is 4.86. The number of aryl methyl sites for hydroxylation is 1. The molecule has 1 aliphatic rings. The molecule has 0 unspecified atom stereocenters. The van der Waals surface area contributed by atoms with Crippen molar-refractivity contribution in [2.75, 3.05) is 23.7 Å². The number of rotatable bonds is 7. The predicted octanol–water partition coefficient (Wildman–Crippen LogP) is 6.50. The van der Waals surface area contributed by atoms with E-state index < -0.39 is 0 Å². The Morgan fingerprint density at radius 3 is 2.54 bits per heavy atom. The average molecular weight is 559 g/mol. The number of nitrogens with one attached hydrogen (secondary N) is 1. The normalized spacial score (nSPS) is 15.1. The van der Waals surface area contributed by atoms with Crippen molar-refractivity contribution in [2.45, 2.75) is 32.4 Å². The third kappa shape index (κ3) is 5.34. The van der Waals surface area contributed by atoms with E-state index in [1.54, 1.807) is 4.90 Å². The molecule has 0 spiro atoms. The van der Waals surface area contributed by atoms with Crippen molar-refractivity contribution in [2.24, 2.45) is 0 Å². The second-order valence-corrected chi connectivity index (χ2v) is 11.1. The van der Waals surface area contributed by atoms with E-state index in [1.807, 2.05) is 78.3 Å². The molecule has 0 saturated carbocycles. The molecule has 0 saturated heterocycles. The van der Waals surface area contributed by atoms with Gasteiger partial charge in [-0.2, -0.15) is 5.10 Å². The maximum absolute atomic E-state index is 13.8. The lowest BCUT2D eigenvalue weighted by Gasteiger charge is -2.24. The summed E-state index contributed by atoms with van der Waals surface area (Å²) in [7, 11) is 0. The maximum Gasteiger partial charge on any atom is 0.240 e. The summed E-state index contributed by atoms with van der Waals surface area (Å²) >= 11 is 8.27. The third-order valence-electron chi connectivity index (χ3n) is 7.00. The first-order valence-corrected chi connectivity index (χ1v) is 14.5. The summed E-state index contributed by atoms with van der Waals surface area (Å²) in [5.74, 6) is 0.460. The van der Waals surface area contributed by atoms with E-state index >= 15 is 0 Å². The Morgan fingerprint density at radius 1 is 1.05 bits per heavy atom. The highest BCUT2D eigenvalue weighted by Gasteiger charge is 2.38. The quantitative estimate of drug-likeness (QED) is 0.281. The highest BCUT2D eigenvalue weighted by molar-refractivity contribution is 8.00. The summed E-state index contributed by atoms with van der Waals surface area (Å²) in [5.41, 5.74) is 6.50. The Kier molecular flexibility index (Phi) is 8.10. The minimum Gasteiger partial charge on any atom is -0.355 e. The first-order chi connectivity index (χ1) is 18.9. The molecule has 200 valence electrons. The molecule has 2 heterocycles. The van der Waals surface area contributed by atoms with Crippen molar-refractivity contribution in [1.29, 1.82) is 0 Å². The molecule has 2 amide bonds. The Morgan fingerprint density at radius 2 is 1.79 bits per heavy atom. The van der Waals surface area contributed by atoms with Gasteiger partial charge in [-0.1, -0.05) is 79.2 Å². The SMILES string of the molecule is CCCNC(=O)CN1C(=O)CS[C@H](c2ccccc2Cl)c2c(-c3ccccc3)nn(-c3cccc(C)c3C)c21. The van der Waals surface area contributed by atoms with Crippen molar-refractivity contribution in [3.8, 4) is 16.9 Å². The molecule has 3 aromatic carbocycles. The van der Waals surface area contributed by atoms with Gasteiger partial charge in [0.05, 0.1) is 22.4 Å². The summed E-state index contributed by atoms with van der Waals surface area (Å²) in [4.78, 5) is 28.4. The van der Waals surface area contributed by atoms with Crippen LogP contribution < -0.4 is 10.2 Å². The van der Waals surface area contributed by atoms with Crippen LogP contribution in [-0.2, 0) is 9.59 Å². The highest BCUT2D eigenvalue weighted by Crippen LogP contribution is 2.50. The largest absolute Gasteiger partial charge is 0.355 e. The molecule has 0 fully saturated rings. The van der Waals surface area contributed by atoms with E-state index in [1.165, 1.54) is 11.8 Å². The fraction of sp³-hybridized carbons (Fsp3) is 0.258. The number of fused-ring (bicyclic) bond motifs is 1. The molecule has 0 bridgehead atoms. The maximum atomic E-state index is 13.8. The number of hydrogen-bond donors (Lipinski definition) is 1. The lowest BCUT2D eigenvalue weighted by atomic mass is 9.99. The minimum atomic E-state index is -0.268. The van der Waals surface area contributed by atoms with Crippen LogP contribution in [0.5, 0.6) is 0 Å². The van der Waals surface area contributed by atoms with Crippen LogP contribution in [0, 0.1) is 13.8 Å². The molecule has 1 aromatic heterocycles. The number of nitrogens with zero attached hydrogens (tertiary/aromatic N) is 3. The van der Waals surface area contributed by atoms with Crippen LogP contribution in [0.2, 0.25) is 5.02 Å². The highest BCUT2D eigenvalue weighted by atomic mass is 35.5. The second-order valence-electron chi connectivity index (χ2n) is 9.63. The van der Waals surface area contributed by atoms with Gasteiger partial charge in [-0.3, -0.25) is 14.5 Å². The van der Waals surface area contributed by atoms with E-state index in [4.69, 9.17) is 16.7 Å². The van der Waals surface area contributed by atoms with Crippen LogP contribution in [0.25, 0.3) is 16.9 Å². The molecule has 8 heteroatoms. The topological polar surface area (TPSA) is 67.2 Å². The summed E-state index contributed by atoms with van der Waals surface area (Å²) in [6.45, 7) is 6.57. The zero-order valence-corrected chi connectivity index (χ0v) is 23.9. The van der Waals surface area contributed by atoms with E-state index in [9.17, 15) is 9.59 Å². The van der Waals surface area contributed by atoms with Gasteiger partial charge in [-0.15, -0.1) is 11.8 Å². The van der Waals surface area contributed by atoms with E-state index in [0.29, 0.717) is 17.4 Å². The van der Waals surface area contributed by atoms with Crippen molar-refractivity contribution in [3.05, 3.63) is 100 Å². The van der Waals surface area contributed by atoms with Crippen LogP contribution in [0.1, 0.15) is 40.8 Å². The van der Waals surface area contributed by atoms with Crippen molar-refractivity contribution >= 4 is 41.0 Å². The second kappa shape index (κ2) is 11.7. The smallest absolute Gasteiger partial charge is 0.240 e. The van der Waals surface area contributed by atoms with Crippen LogP contribution in [0.15, 0.2) is 72.8 Å². The van der Waals surface area contributed by atoms with Gasteiger partial charge < -0.3 is 5.32 Å². The number of aromatic nitrogens is 2. The van der Waals surface area contributed by atoms with Crippen molar-refractivity contribution in [3.63, 3.8) is 0 Å². The van der Waals surface area contributed by atoms with Gasteiger partial charge in [0.25, 0.3) is 0 Å². The number of benzene rings is 3. The number of carbonyl (C=O) groups is 2. The molecule has 5 rings (SSSR count). The summed E-state index contributed by atoms with van der Waals surface area (Å²) in [6.07, 6.45) is 0.813. The molecule has 1 N–H and O–H groups in total. The number of carbonyl (C=O) groups excluding carboxylic acids is 2. The first-order valence-electron chi connectivity index (χ1n) is 13.1. The molecule has 1 aliphatic heterocycles. The van der Waals surface area contributed by atoms with Crippen LogP contribution in [0.3, 0.4) is 0 Å². The molecule has 0 aliphatic carbocycles. The van der Waals surface area contributed by atoms with Gasteiger partial charge >= 0.3 is 0 Å².